The fourth-order valence-electron chi connectivity index (χ4n) is 2.75. The molecule has 0 aromatic heterocycles. The lowest BCUT2D eigenvalue weighted by Gasteiger charge is -2.26. The molecular formula is C18H28ClN3O4. The summed E-state index contributed by atoms with van der Waals surface area (Å²) in [6, 6.07) is 3.69. The van der Waals surface area contributed by atoms with Crippen LogP contribution in [0.4, 0.5) is 0 Å². The van der Waals surface area contributed by atoms with Gasteiger partial charge in [0.15, 0.2) is 18.1 Å². The summed E-state index contributed by atoms with van der Waals surface area (Å²) in [5.74, 6) is 0.310. The summed E-state index contributed by atoms with van der Waals surface area (Å²) in [7, 11) is 0. The number of nitrogens with two attached hydrogens (primary N) is 1. The summed E-state index contributed by atoms with van der Waals surface area (Å²) in [6.45, 7) is 8.47. The van der Waals surface area contributed by atoms with E-state index in [9.17, 15) is 4.79 Å². The first-order valence-electron chi connectivity index (χ1n) is 8.97. The van der Waals surface area contributed by atoms with Gasteiger partial charge in [0.05, 0.1) is 24.8 Å². The number of hydrogen-bond donors (Lipinski definition) is 2. The number of nitrogens with one attached hydrogen (secondary N) is 1. The lowest BCUT2D eigenvalue weighted by Crippen LogP contribution is -2.37. The van der Waals surface area contributed by atoms with Crippen molar-refractivity contribution in [1.29, 1.82) is 0 Å². The number of hydrogen-bond acceptors (Lipinski definition) is 6. The zero-order valence-corrected chi connectivity index (χ0v) is 16.0. The third-order valence-electron chi connectivity index (χ3n) is 3.99. The largest absolute Gasteiger partial charge is 0.490 e. The summed E-state index contributed by atoms with van der Waals surface area (Å²) < 4.78 is 16.3. The van der Waals surface area contributed by atoms with Crippen LogP contribution >= 0.6 is 11.6 Å². The lowest BCUT2D eigenvalue weighted by molar-refractivity contribution is -0.119. The Bertz CT molecular complexity index is 580. The van der Waals surface area contributed by atoms with E-state index in [2.05, 4.69) is 10.2 Å². The van der Waals surface area contributed by atoms with Crippen LogP contribution in [0, 0.1) is 0 Å². The molecule has 0 bridgehead atoms. The van der Waals surface area contributed by atoms with Crippen LogP contribution in [0.3, 0.4) is 0 Å². The minimum atomic E-state index is -0.561. The van der Waals surface area contributed by atoms with Gasteiger partial charge in [-0.25, -0.2) is 0 Å². The fourth-order valence-corrected chi connectivity index (χ4v) is 3.04. The standard InChI is InChI=1S/C18H28ClN3O4/c1-2-25-16-11-14(10-15(19)18(16)26-13-17(20)23)12-21-4-3-5-22-6-8-24-9-7-22/h10-11,21H,2-9,12-13H2,1H3,(H2,20,23). The number of benzene rings is 1. The highest BCUT2D eigenvalue weighted by Crippen LogP contribution is 2.36. The summed E-state index contributed by atoms with van der Waals surface area (Å²) in [5.41, 5.74) is 6.12. The van der Waals surface area contributed by atoms with E-state index in [1.165, 1.54) is 0 Å². The van der Waals surface area contributed by atoms with Crippen LogP contribution in [-0.4, -0.2) is 63.4 Å². The molecule has 1 aliphatic heterocycles. The molecule has 0 unspecified atom stereocenters. The van der Waals surface area contributed by atoms with Crippen molar-refractivity contribution in [3.63, 3.8) is 0 Å². The zero-order chi connectivity index (χ0) is 18.8. The predicted molar refractivity (Wildman–Crippen MR) is 101 cm³/mol. The molecule has 1 aliphatic rings. The summed E-state index contributed by atoms with van der Waals surface area (Å²) in [4.78, 5) is 13.3. The molecule has 8 heteroatoms. The molecule has 2 rings (SSSR count). The molecule has 146 valence electrons. The number of morpholine rings is 1. The van der Waals surface area contributed by atoms with Crippen LogP contribution in [0.1, 0.15) is 18.9 Å². The Hall–Kier alpha value is -1.54. The lowest BCUT2D eigenvalue weighted by atomic mass is 10.2. The molecule has 0 radical (unpaired) electrons. The zero-order valence-electron chi connectivity index (χ0n) is 15.3. The van der Waals surface area contributed by atoms with Gasteiger partial charge in [-0.05, 0) is 44.1 Å². The Morgan fingerprint density at radius 3 is 2.81 bits per heavy atom. The van der Waals surface area contributed by atoms with E-state index >= 15 is 0 Å². The van der Waals surface area contributed by atoms with Crippen molar-refractivity contribution in [2.24, 2.45) is 5.73 Å². The average molecular weight is 386 g/mol. The molecule has 1 aromatic carbocycles. The molecular weight excluding hydrogens is 358 g/mol. The number of primary amides is 1. The molecule has 0 aliphatic carbocycles. The van der Waals surface area contributed by atoms with E-state index in [0.717, 1.165) is 51.4 Å². The minimum absolute atomic E-state index is 0.237. The number of carbonyl (C=O) groups excluding carboxylic acids is 1. The maximum atomic E-state index is 10.9. The van der Waals surface area contributed by atoms with E-state index in [-0.39, 0.29) is 6.61 Å². The van der Waals surface area contributed by atoms with Crippen molar-refractivity contribution in [3.8, 4) is 11.5 Å². The molecule has 26 heavy (non-hydrogen) atoms. The normalized spacial score (nSPS) is 15.0. The van der Waals surface area contributed by atoms with E-state index < -0.39 is 5.91 Å². The maximum absolute atomic E-state index is 10.9. The van der Waals surface area contributed by atoms with Gasteiger partial charge in [-0.2, -0.15) is 0 Å². The van der Waals surface area contributed by atoms with Gasteiger partial charge in [0.2, 0.25) is 0 Å². The summed E-state index contributed by atoms with van der Waals surface area (Å²) in [6.07, 6.45) is 1.08. The molecule has 1 aromatic rings. The first kappa shape index (κ1) is 20.8. The first-order valence-corrected chi connectivity index (χ1v) is 9.35. The monoisotopic (exact) mass is 385 g/mol. The molecule has 1 saturated heterocycles. The van der Waals surface area contributed by atoms with E-state index in [1.807, 2.05) is 19.1 Å². The molecule has 1 fully saturated rings. The van der Waals surface area contributed by atoms with Crippen molar-refractivity contribution in [3.05, 3.63) is 22.7 Å². The molecule has 0 saturated carbocycles. The number of rotatable bonds is 11. The van der Waals surface area contributed by atoms with Gasteiger partial charge < -0.3 is 25.3 Å². The maximum Gasteiger partial charge on any atom is 0.255 e. The van der Waals surface area contributed by atoms with Crippen LogP contribution in [0.2, 0.25) is 5.02 Å². The highest BCUT2D eigenvalue weighted by atomic mass is 35.5. The first-order chi connectivity index (χ1) is 12.6. The van der Waals surface area contributed by atoms with Crippen LogP contribution in [0.5, 0.6) is 11.5 Å². The van der Waals surface area contributed by atoms with Crippen molar-refractivity contribution < 1.29 is 19.0 Å². The molecule has 0 atom stereocenters. The van der Waals surface area contributed by atoms with Gasteiger partial charge in [-0.3, -0.25) is 9.69 Å². The summed E-state index contributed by atoms with van der Waals surface area (Å²) in [5, 5.41) is 3.83. The Labute approximate surface area is 159 Å². The van der Waals surface area contributed by atoms with Gasteiger partial charge in [0.25, 0.3) is 5.91 Å². The predicted octanol–water partition coefficient (Wildman–Crippen LogP) is 1.41. The van der Waals surface area contributed by atoms with Gasteiger partial charge in [-0.15, -0.1) is 0 Å². The number of carbonyl (C=O) groups is 1. The second kappa shape index (κ2) is 11.2. The second-order valence-electron chi connectivity index (χ2n) is 6.08. The van der Waals surface area contributed by atoms with Crippen LogP contribution in [-0.2, 0) is 16.1 Å². The SMILES string of the molecule is CCOc1cc(CNCCCN2CCOCC2)cc(Cl)c1OCC(N)=O. The molecule has 1 amide bonds. The highest BCUT2D eigenvalue weighted by Gasteiger charge is 2.14. The molecule has 3 N–H and O–H groups in total. The Kier molecular flexibility index (Phi) is 8.97. The molecule has 1 heterocycles. The van der Waals surface area contributed by atoms with Crippen LogP contribution in [0.25, 0.3) is 0 Å². The van der Waals surface area contributed by atoms with Crippen molar-refractivity contribution in [1.82, 2.24) is 10.2 Å². The quantitative estimate of drug-likeness (QED) is 0.560. The van der Waals surface area contributed by atoms with Gasteiger partial charge in [-0.1, -0.05) is 11.6 Å². The number of halogens is 1. The number of nitrogens with zero attached hydrogens (tertiary/aromatic N) is 1. The molecule has 0 spiro atoms. The highest BCUT2D eigenvalue weighted by molar-refractivity contribution is 6.32. The van der Waals surface area contributed by atoms with E-state index in [4.69, 9.17) is 31.5 Å². The van der Waals surface area contributed by atoms with Gasteiger partial charge in [0.1, 0.15) is 0 Å². The van der Waals surface area contributed by atoms with Crippen LogP contribution < -0.4 is 20.5 Å². The van der Waals surface area contributed by atoms with Gasteiger partial charge in [0, 0.05) is 19.6 Å². The summed E-state index contributed by atoms with van der Waals surface area (Å²) >= 11 is 6.29. The van der Waals surface area contributed by atoms with Crippen molar-refractivity contribution in [2.75, 3.05) is 52.6 Å². The Balaban J connectivity index is 1.83. The third kappa shape index (κ3) is 6.99. The topological polar surface area (TPSA) is 86.1 Å². The minimum Gasteiger partial charge on any atom is -0.490 e. The Morgan fingerprint density at radius 1 is 1.35 bits per heavy atom. The van der Waals surface area contributed by atoms with Crippen molar-refractivity contribution >= 4 is 17.5 Å². The number of amides is 1. The van der Waals surface area contributed by atoms with Crippen LogP contribution in [0.15, 0.2) is 12.1 Å². The third-order valence-corrected chi connectivity index (χ3v) is 4.27. The second-order valence-corrected chi connectivity index (χ2v) is 6.48. The fraction of sp³-hybridized carbons (Fsp3) is 0.611. The van der Waals surface area contributed by atoms with Crippen molar-refractivity contribution in [2.45, 2.75) is 19.9 Å². The van der Waals surface area contributed by atoms with Gasteiger partial charge >= 0.3 is 0 Å². The average Bonchev–Trinajstić information content (AvgIpc) is 2.61. The van der Waals surface area contributed by atoms with E-state index in [1.54, 1.807) is 0 Å². The smallest absolute Gasteiger partial charge is 0.255 e. The molecule has 7 nitrogen and oxygen atoms in total. The Morgan fingerprint density at radius 2 is 2.12 bits per heavy atom. The number of ether oxygens (including phenoxy) is 3. The van der Waals surface area contributed by atoms with E-state index in [0.29, 0.717) is 29.7 Å².